The first-order valence-corrected chi connectivity index (χ1v) is 8.92. The van der Waals surface area contributed by atoms with Gasteiger partial charge >= 0.3 is 5.97 Å². The molecule has 0 atom stereocenters. The summed E-state index contributed by atoms with van der Waals surface area (Å²) in [6.45, 7) is 1.01. The summed E-state index contributed by atoms with van der Waals surface area (Å²) in [4.78, 5) is 35.5. The number of para-hydroxylation sites is 1. The molecule has 0 unspecified atom stereocenters. The van der Waals surface area contributed by atoms with E-state index in [0.717, 1.165) is 0 Å². The second-order valence-electron chi connectivity index (χ2n) is 6.20. The third-order valence-corrected chi connectivity index (χ3v) is 3.91. The Bertz CT molecular complexity index is 1010. The number of esters is 1. The molecule has 0 fully saturated rings. The van der Waals surface area contributed by atoms with Crippen LogP contribution in [0.2, 0.25) is 0 Å². The van der Waals surface area contributed by atoms with Crippen molar-refractivity contribution in [1.82, 2.24) is 0 Å². The zero-order chi connectivity index (χ0) is 20.6. The van der Waals surface area contributed by atoms with Crippen LogP contribution in [0.15, 0.2) is 78.9 Å². The van der Waals surface area contributed by atoms with Crippen LogP contribution >= 0.6 is 0 Å². The quantitative estimate of drug-likeness (QED) is 0.476. The van der Waals surface area contributed by atoms with Crippen LogP contribution in [-0.2, 0) is 9.53 Å². The second kappa shape index (κ2) is 9.32. The number of anilines is 1. The third-order valence-electron chi connectivity index (χ3n) is 3.91. The fourth-order valence-corrected chi connectivity index (χ4v) is 2.55. The molecule has 6 nitrogen and oxygen atoms in total. The Morgan fingerprint density at radius 1 is 0.793 bits per heavy atom. The Labute approximate surface area is 168 Å². The monoisotopic (exact) mass is 389 g/mol. The van der Waals surface area contributed by atoms with E-state index in [0.29, 0.717) is 22.7 Å². The molecule has 0 aliphatic heterocycles. The molecule has 0 aliphatic rings. The number of ketones is 1. The van der Waals surface area contributed by atoms with Gasteiger partial charge in [-0.15, -0.1) is 0 Å². The summed E-state index contributed by atoms with van der Waals surface area (Å²) in [7, 11) is 0. The number of carbonyl (C=O) groups is 3. The minimum atomic E-state index is -0.619. The number of nitrogens with one attached hydrogen (secondary N) is 1. The summed E-state index contributed by atoms with van der Waals surface area (Å²) in [5.41, 5.74) is 1.25. The number of hydrogen-bond acceptors (Lipinski definition) is 5. The molecule has 0 saturated carbocycles. The lowest BCUT2D eigenvalue weighted by Gasteiger charge is -2.08. The van der Waals surface area contributed by atoms with Crippen molar-refractivity contribution in [1.29, 1.82) is 0 Å². The lowest BCUT2D eigenvalue weighted by atomic mass is 10.1. The minimum absolute atomic E-state index is 0.198. The van der Waals surface area contributed by atoms with Gasteiger partial charge in [-0.3, -0.25) is 9.59 Å². The highest BCUT2D eigenvalue weighted by atomic mass is 16.5. The van der Waals surface area contributed by atoms with Gasteiger partial charge in [-0.05, 0) is 54.6 Å². The fraction of sp³-hybridized carbons (Fsp3) is 0.0870. The molecule has 1 amide bonds. The van der Waals surface area contributed by atoms with Crippen molar-refractivity contribution in [3.05, 3.63) is 90.0 Å². The van der Waals surface area contributed by atoms with E-state index in [2.05, 4.69) is 5.32 Å². The van der Waals surface area contributed by atoms with E-state index in [1.54, 1.807) is 60.7 Å². The first kappa shape index (κ1) is 19.8. The Kier molecular flexibility index (Phi) is 6.37. The maximum Gasteiger partial charge on any atom is 0.338 e. The van der Waals surface area contributed by atoms with E-state index in [1.807, 2.05) is 18.2 Å². The van der Waals surface area contributed by atoms with Crippen molar-refractivity contribution >= 4 is 23.3 Å². The van der Waals surface area contributed by atoms with Gasteiger partial charge in [0.1, 0.15) is 11.5 Å². The van der Waals surface area contributed by atoms with Crippen LogP contribution in [0.5, 0.6) is 11.5 Å². The highest BCUT2D eigenvalue weighted by molar-refractivity contribution is 6.00. The summed E-state index contributed by atoms with van der Waals surface area (Å²) < 4.78 is 10.8. The number of amides is 1. The molecule has 6 heteroatoms. The van der Waals surface area contributed by atoms with E-state index < -0.39 is 5.97 Å². The second-order valence-corrected chi connectivity index (χ2v) is 6.20. The van der Waals surface area contributed by atoms with E-state index in [9.17, 15) is 14.4 Å². The highest BCUT2D eigenvalue weighted by Gasteiger charge is 2.13. The van der Waals surface area contributed by atoms with E-state index in [1.165, 1.54) is 6.92 Å². The average Bonchev–Trinajstić information content (AvgIpc) is 2.73. The molecule has 29 heavy (non-hydrogen) atoms. The largest absolute Gasteiger partial charge is 0.457 e. The Balaban J connectivity index is 1.58. The molecule has 3 aromatic rings. The first-order valence-electron chi connectivity index (χ1n) is 8.92. The number of Topliss-reactive ketones (excluding diaryl/α,β-unsaturated/α-hetero) is 1. The van der Waals surface area contributed by atoms with Crippen LogP contribution in [-0.4, -0.2) is 24.3 Å². The third kappa shape index (κ3) is 5.77. The Hall–Kier alpha value is -3.93. The molecular weight excluding hydrogens is 370 g/mol. The van der Waals surface area contributed by atoms with Crippen LogP contribution in [0.25, 0.3) is 0 Å². The van der Waals surface area contributed by atoms with Gasteiger partial charge in [0.15, 0.2) is 12.4 Å². The van der Waals surface area contributed by atoms with Gasteiger partial charge in [0.2, 0.25) is 5.91 Å². The normalized spacial score (nSPS) is 10.1. The smallest absolute Gasteiger partial charge is 0.338 e. The van der Waals surface area contributed by atoms with Gasteiger partial charge in [0, 0.05) is 18.2 Å². The zero-order valence-electron chi connectivity index (χ0n) is 15.8. The molecule has 0 radical (unpaired) electrons. The van der Waals surface area contributed by atoms with Gasteiger partial charge < -0.3 is 14.8 Å². The van der Waals surface area contributed by atoms with Crippen LogP contribution < -0.4 is 10.1 Å². The number of benzene rings is 3. The zero-order valence-corrected chi connectivity index (χ0v) is 15.8. The molecule has 3 rings (SSSR count). The maximum absolute atomic E-state index is 12.3. The molecule has 3 aromatic carbocycles. The average molecular weight is 389 g/mol. The summed E-state index contributed by atoms with van der Waals surface area (Å²) in [6, 6.07) is 22.1. The van der Waals surface area contributed by atoms with E-state index in [-0.39, 0.29) is 23.9 Å². The molecule has 0 bridgehead atoms. The van der Waals surface area contributed by atoms with Crippen LogP contribution in [0.4, 0.5) is 5.69 Å². The van der Waals surface area contributed by atoms with Crippen LogP contribution in [0.1, 0.15) is 27.6 Å². The van der Waals surface area contributed by atoms with Gasteiger partial charge in [-0.1, -0.05) is 24.3 Å². The molecule has 146 valence electrons. The molecular formula is C23H19NO5. The van der Waals surface area contributed by atoms with Crippen molar-refractivity contribution in [2.75, 3.05) is 11.9 Å². The number of carbonyl (C=O) groups excluding carboxylic acids is 3. The molecule has 1 N–H and O–H groups in total. The number of rotatable bonds is 7. The molecule has 0 spiro atoms. The van der Waals surface area contributed by atoms with Crippen molar-refractivity contribution < 1.29 is 23.9 Å². The summed E-state index contributed by atoms with van der Waals surface area (Å²) >= 11 is 0. The van der Waals surface area contributed by atoms with E-state index >= 15 is 0 Å². The van der Waals surface area contributed by atoms with Crippen LogP contribution in [0, 0.1) is 0 Å². The van der Waals surface area contributed by atoms with Gasteiger partial charge in [0.05, 0.1) is 5.56 Å². The van der Waals surface area contributed by atoms with Crippen LogP contribution in [0.3, 0.4) is 0 Å². The predicted molar refractivity (Wildman–Crippen MR) is 108 cm³/mol. The Morgan fingerprint density at radius 2 is 1.48 bits per heavy atom. The maximum atomic E-state index is 12.3. The number of hydrogen-bond donors (Lipinski definition) is 1. The molecule has 0 heterocycles. The lowest BCUT2D eigenvalue weighted by Crippen LogP contribution is -2.14. The Morgan fingerprint density at radius 3 is 2.17 bits per heavy atom. The topological polar surface area (TPSA) is 81.7 Å². The summed E-state index contributed by atoms with van der Waals surface area (Å²) in [5, 5.41) is 2.62. The molecule has 0 saturated heterocycles. The summed E-state index contributed by atoms with van der Waals surface area (Å²) in [6.07, 6.45) is 0. The lowest BCUT2D eigenvalue weighted by molar-refractivity contribution is -0.114. The van der Waals surface area contributed by atoms with Crippen molar-refractivity contribution in [3.8, 4) is 11.5 Å². The van der Waals surface area contributed by atoms with Crippen molar-refractivity contribution in [3.63, 3.8) is 0 Å². The first-order chi connectivity index (χ1) is 14.0. The van der Waals surface area contributed by atoms with Crippen molar-refractivity contribution in [2.45, 2.75) is 6.92 Å². The summed E-state index contributed by atoms with van der Waals surface area (Å²) in [5.74, 6) is -0.0194. The predicted octanol–water partition coefficient (Wildman–Crippen LogP) is 4.48. The van der Waals surface area contributed by atoms with Crippen molar-refractivity contribution in [2.24, 2.45) is 0 Å². The fourth-order valence-electron chi connectivity index (χ4n) is 2.55. The van der Waals surface area contributed by atoms with E-state index in [4.69, 9.17) is 9.47 Å². The molecule has 0 aliphatic carbocycles. The van der Waals surface area contributed by atoms with Gasteiger partial charge in [-0.25, -0.2) is 4.79 Å². The standard InChI is InChI=1S/C23H19NO5/c1-16(25)24-19-12-10-17(11-13-19)22(26)15-28-23(27)18-6-5-9-21(14-18)29-20-7-3-2-4-8-20/h2-14H,15H2,1H3,(H,24,25). The van der Waals surface area contributed by atoms with Gasteiger partial charge in [-0.2, -0.15) is 0 Å². The highest BCUT2D eigenvalue weighted by Crippen LogP contribution is 2.22. The van der Waals surface area contributed by atoms with Gasteiger partial charge in [0.25, 0.3) is 0 Å². The SMILES string of the molecule is CC(=O)Nc1ccc(C(=O)COC(=O)c2cccc(Oc3ccccc3)c2)cc1. The number of ether oxygens (including phenoxy) is 2. The minimum Gasteiger partial charge on any atom is -0.457 e. The molecule has 0 aromatic heterocycles.